The Labute approximate surface area is 115 Å². The topological polar surface area (TPSA) is 32.3 Å². The fourth-order valence-corrected chi connectivity index (χ4v) is 1.78. The third-order valence-electron chi connectivity index (χ3n) is 2.56. The normalized spacial score (nSPS) is 11.3. The van der Waals surface area contributed by atoms with Gasteiger partial charge in [-0.1, -0.05) is 13.8 Å². The summed E-state index contributed by atoms with van der Waals surface area (Å²) in [4.78, 5) is 13.2. The largest absolute Gasteiger partial charge is 0.354 e. The van der Waals surface area contributed by atoms with Gasteiger partial charge < -0.3 is 9.80 Å². The Morgan fingerprint density at radius 3 is 2.33 bits per heavy atom. The zero-order valence-electron chi connectivity index (χ0n) is 11.7. The molecule has 0 radical (unpaired) electrons. The lowest BCUT2D eigenvalue weighted by atomic mass is 10.2. The van der Waals surface area contributed by atoms with E-state index in [1.807, 2.05) is 6.20 Å². The molecular formula is C13H23ClN4. The van der Waals surface area contributed by atoms with Gasteiger partial charge in [0, 0.05) is 19.6 Å². The summed E-state index contributed by atoms with van der Waals surface area (Å²) in [6.45, 7) is 7.38. The average molecular weight is 271 g/mol. The van der Waals surface area contributed by atoms with Crippen LogP contribution in [0.25, 0.3) is 0 Å². The number of hydrogen-bond acceptors (Lipinski definition) is 4. The van der Waals surface area contributed by atoms with Crippen molar-refractivity contribution in [2.75, 3.05) is 38.6 Å². The summed E-state index contributed by atoms with van der Waals surface area (Å²) in [5.41, 5.74) is 0.817. The number of nitrogens with zero attached hydrogens (tertiary/aromatic N) is 4. The van der Waals surface area contributed by atoms with Gasteiger partial charge in [0.15, 0.2) is 0 Å². The molecule has 18 heavy (non-hydrogen) atoms. The molecule has 0 spiro atoms. The van der Waals surface area contributed by atoms with Crippen molar-refractivity contribution < 1.29 is 0 Å². The van der Waals surface area contributed by atoms with Crippen LogP contribution in [0.5, 0.6) is 0 Å². The molecule has 1 aromatic rings. The summed E-state index contributed by atoms with van der Waals surface area (Å²) in [6.07, 6.45) is 3.57. The third-order valence-corrected chi connectivity index (χ3v) is 2.83. The minimum absolute atomic E-state index is 0.412. The minimum atomic E-state index is 0.412. The van der Waals surface area contributed by atoms with Crippen LogP contribution < -0.4 is 4.90 Å². The quantitative estimate of drug-likeness (QED) is 0.712. The van der Waals surface area contributed by atoms with Crippen molar-refractivity contribution in [2.45, 2.75) is 19.7 Å². The number of likely N-dealkylation sites (N-methyl/N-ethyl adjacent to an activating group) is 1. The lowest BCUT2D eigenvalue weighted by Crippen LogP contribution is -2.35. The standard InChI is InChI=1S/C13H23ClN4/c1-11(2)10-18(6-5-17(3)4)13-9-15-12(7-14)8-16-13/h8-9,11H,5-7,10H2,1-4H3. The van der Waals surface area contributed by atoms with Gasteiger partial charge >= 0.3 is 0 Å². The van der Waals surface area contributed by atoms with Gasteiger partial charge in [-0.2, -0.15) is 0 Å². The van der Waals surface area contributed by atoms with Crippen LogP contribution in [0.3, 0.4) is 0 Å². The van der Waals surface area contributed by atoms with Crippen LogP contribution >= 0.6 is 11.6 Å². The van der Waals surface area contributed by atoms with Crippen LogP contribution in [0.4, 0.5) is 5.82 Å². The predicted octanol–water partition coefficient (Wildman–Crippen LogP) is 2.24. The summed E-state index contributed by atoms with van der Waals surface area (Å²) < 4.78 is 0. The number of halogens is 1. The molecule has 0 bridgehead atoms. The molecule has 1 rings (SSSR count). The molecule has 0 saturated carbocycles. The molecule has 0 N–H and O–H groups in total. The summed E-state index contributed by atoms with van der Waals surface area (Å²) in [5.74, 6) is 1.94. The summed E-state index contributed by atoms with van der Waals surface area (Å²) in [5, 5.41) is 0. The first kappa shape index (κ1) is 15.2. The Hall–Kier alpha value is -0.870. The van der Waals surface area contributed by atoms with Gasteiger partial charge in [0.2, 0.25) is 0 Å². The van der Waals surface area contributed by atoms with E-state index in [-0.39, 0.29) is 0 Å². The van der Waals surface area contributed by atoms with E-state index < -0.39 is 0 Å². The van der Waals surface area contributed by atoms with Crippen LogP contribution in [-0.4, -0.2) is 48.6 Å². The van der Waals surface area contributed by atoms with Crippen molar-refractivity contribution in [1.82, 2.24) is 14.9 Å². The highest BCUT2D eigenvalue weighted by atomic mass is 35.5. The lowest BCUT2D eigenvalue weighted by Gasteiger charge is -2.26. The second-order valence-electron chi connectivity index (χ2n) is 5.14. The van der Waals surface area contributed by atoms with Crippen molar-refractivity contribution >= 4 is 17.4 Å². The van der Waals surface area contributed by atoms with E-state index in [1.165, 1.54) is 0 Å². The molecule has 0 amide bonds. The van der Waals surface area contributed by atoms with Crippen molar-refractivity contribution in [2.24, 2.45) is 5.92 Å². The smallest absolute Gasteiger partial charge is 0.147 e. The fourth-order valence-electron chi connectivity index (χ4n) is 1.64. The van der Waals surface area contributed by atoms with Gasteiger partial charge in [-0.3, -0.25) is 4.98 Å². The van der Waals surface area contributed by atoms with Crippen molar-refractivity contribution in [3.05, 3.63) is 18.1 Å². The van der Waals surface area contributed by atoms with Crippen LogP contribution in [0.1, 0.15) is 19.5 Å². The molecule has 0 saturated heterocycles. The molecule has 0 aromatic carbocycles. The van der Waals surface area contributed by atoms with Gasteiger partial charge in [-0.25, -0.2) is 4.98 Å². The number of aromatic nitrogens is 2. The monoisotopic (exact) mass is 270 g/mol. The Kier molecular flexibility index (Phi) is 6.36. The number of rotatable bonds is 7. The summed E-state index contributed by atoms with van der Waals surface area (Å²) >= 11 is 5.72. The first-order valence-corrected chi connectivity index (χ1v) is 6.83. The predicted molar refractivity (Wildman–Crippen MR) is 77.2 cm³/mol. The molecule has 4 nitrogen and oxygen atoms in total. The highest BCUT2D eigenvalue weighted by Crippen LogP contribution is 2.12. The molecule has 0 unspecified atom stereocenters. The SMILES string of the molecule is CC(C)CN(CCN(C)C)c1cnc(CCl)cn1. The van der Waals surface area contributed by atoms with E-state index in [9.17, 15) is 0 Å². The molecule has 0 fully saturated rings. The van der Waals surface area contributed by atoms with Crippen molar-refractivity contribution in [1.29, 1.82) is 0 Å². The molecule has 1 heterocycles. The molecule has 0 aliphatic carbocycles. The second-order valence-corrected chi connectivity index (χ2v) is 5.41. The minimum Gasteiger partial charge on any atom is -0.354 e. The van der Waals surface area contributed by atoms with Gasteiger partial charge in [-0.05, 0) is 20.0 Å². The summed E-state index contributed by atoms with van der Waals surface area (Å²) in [6, 6.07) is 0. The fraction of sp³-hybridized carbons (Fsp3) is 0.692. The Morgan fingerprint density at radius 1 is 1.17 bits per heavy atom. The zero-order valence-corrected chi connectivity index (χ0v) is 12.5. The lowest BCUT2D eigenvalue weighted by molar-refractivity contribution is 0.408. The van der Waals surface area contributed by atoms with Crippen molar-refractivity contribution in [3.63, 3.8) is 0 Å². The van der Waals surface area contributed by atoms with Gasteiger partial charge in [0.25, 0.3) is 0 Å². The Bertz CT molecular complexity index is 337. The Morgan fingerprint density at radius 2 is 1.89 bits per heavy atom. The van der Waals surface area contributed by atoms with E-state index >= 15 is 0 Å². The maximum atomic E-state index is 5.72. The number of alkyl halides is 1. The van der Waals surface area contributed by atoms with E-state index in [0.717, 1.165) is 31.1 Å². The molecule has 0 aliphatic heterocycles. The third kappa shape index (κ3) is 5.19. The van der Waals surface area contributed by atoms with E-state index in [2.05, 4.69) is 47.7 Å². The van der Waals surface area contributed by atoms with Crippen LogP contribution in [0.15, 0.2) is 12.4 Å². The van der Waals surface area contributed by atoms with Crippen LogP contribution in [0, 0.1) is 5.92 Å². The molecule has 5 heteroatoms. The van der Waals surface area contributed by atoms with E-state index in [1.54, 1.807) is 6.20 Å². The number of hydrogen-bond donors (Lipinski definition) is 0. The maximum Gasteiger partial charge on any atom is 0.147 e. The van der Waals surface area contributed by atoms with E-state index in [0.29, 0.717) is 11.8 Å². The molecule has 1 aromatic heterocycles. The summed E-state index contributed by atoms with van der Waals surface area (Å²) in [7, 11) is 4.16. The highest BCUT2D eigenvalue weighted by molar-refractivity contribution is 6.16. The molecular weight excluding hydrogens is 248 g/mol. The Balaban J connectivity index is 2.73. The zero-order chi connectivity index (χ0) is 13.5. The molecule has 0 atom stereocenters. The molecule has 0 aliphatic rings. The van der Waals surface area contributed by atoms with E-state index in [4.69, 9.17) is 11.6 Å². The van der Waals surface area contributed by atoms with Gasteiger partial charge in [0.05, 0.1) is 24.0 Å². The second kappa shape index (κ2) is 7.54. The number of anilines is 1. The van der Waals surface area contributed by atoms with Gasteiger partial charge in [0.1, 0.15) is 5.82 Å². The average Bonchev–Trinajstić information content (AvgIpc) is 2.34. The first-order chi connectivity index (χ1) is 8.52. The van der Waals surface area contributed by atoms with Crippen molar-refractivity contribution in [3.8, 4) is 0 Å². The first-order valence-electron chi connectivity index (χ1n) is 6.29. The van der Waals surface area contributed by atoms with Gasteiger partial charge in [-0.15, -0.1) is 11.6 Å². The van der Waals surface area contributed by atoms with Crippen LogP contribution in [-0.2, 0) is 5.88 Å². The van der Waals surface area contributed by atoms with Crippen LogP contribution in [0.2, 0.25) is 0 Å². The molecule has 102 valence electrons. The highest BCUT2D eigenvalue weighted by Gasteiger charge is 2.10. The maximum absolute atomic E-state index is 5.72.